The average Bonchev–Trinajstić information content (AvgIpc) is 2.63. The molecule has 0 aromatic heterocycles. The number of benzene rings is 2. The lowest BCUT2D eigenvalue weighted by Crippen LogP contribution is -2.15. The van der Waals surface area contributed by atoms with Crippen molar-refractivity contribution in [3.8, 4) is 17.6 Å². The van der Waals surface area contributed by atoms with E-state index < -0.39 is 15.9 Å². The number of amides is 1. The summed E-state index contributed by atoms with van der Waals surface area (Å²) in [6.45, 7) is 0. The Morgan fingerprint density at radius 2 is 1.65 bits per heavy atom. The predicted octanol–water partition coefficient (Wildman–Crippen LogP) is 2.36. The molecule has 2 rings (SSSR count). The van der Waals surface area contributed by atoms with Gasteiger partial charge in [-0.3, -0.25) is 9.52 Å². The zero-order chi connectivity index (χ0) is 19.2. The molecule has 2 aromatic rings. The first-order valence-corrected chi connectivity index (χ1v) is 8.90. The molecule has 8 nitrogen and oxygen atoms in total. The van der Waals surface area contributed by atoms with Crippen molar-refractivity contribution >= 4 is 27.3 Å². The van der Waals surface area contributed by atoms with Crippen LogP contribution in [-0.4, -0.2) is 28.5 Å². The van der Waals surface area contributed by atoms with Crippen LogP contribution < -0.4 is 19.5 Å². The fraction of sp³-hybridized carbons (Fsp3) is 0.176. The second-order valence-corrected chi connectivity index (χ2v) is 6.74. The SMILES string of the molecule is COc1cc(NS(=O)(=O)c2ccccc2)c(OC)cc1NC(=O)CC#N. The maximum Gasteiger partial charge on any atom is 0.262 e. The lowest BCUT2D eigenvalue weighted by molar-refractivity contribution is -0.115. The molecule has 0 unspecified atom stereocenters. The summed E-state index contributed by atoms with van der Waals surface area (Å²) in [5.74, 6) is -0.133. The number of ether oxygens (including phenoxy) is 2. The van der Waals surface area contributed by atoms with Gasteiger partial charge in [0, 0.05) is 12.1 Å². The van der Waals surface area contributed by atoms with Gasteiger partial charge in [-0.05, 0) is 12.1 Å². The lowest BCUT2D eigenvalue weighted by atomic mass is 10.2. The van der Waals surface area contributed by atoms with E-state index in [1.165, 1.54) is 38.5 Å². The van der Waals surface area contributed by atoms with E-state index in [0.717, 1.165) is 0 Å². The molecule has 0 spiro atoms. The summed E-state index contributed by atoms with van der Waals surface area (Å²) in [5.41, 5.74) is 0.402. The summed E-state index contributed by atoms with van der Waals surface area (Å²) in [7, 11) is -1.10. The monoisotopic (exact) mass is 375 g/mol. The summed E-state index contributed by atoms with van der Waals surface area (Å²) in [6.07, 6.45) is -0.326. The van der Waals surface area contributed by atoms with Crippen molar-refractivity contribution in [3.05, 3.63) is 42.5 Å². The first-order valence-electron chi connectivity index (χ1n) is 7.42. The summed E-state index contributed by atoms with van der Waals surface area (Å²) >= 11 is 0. The van der Waals surface area contributed by atoms with Gasteiger partial charge < -0.3 is 14.8 Å². The van der Waals surface area contributed by atoms with Gasteiger partial charge in [0.25, 0.3) is 10.0 Å². The fourth-order valence-electron chi connectivity index (χ4n) is 2.14. The molecule has 2 aromatic carbocycles. The van der Waals surface area contributed by atoms with Crippen molar-refractivity contribution in [1.82, 2.24) is 0 Å². The van der Waals surface area contributed by atoms with Crippen LogP contribution in [-0.2, 0) is 14.8 Å². The maximum absolute atomic E-state index is 12.5. The molecule has 0 saturated carbocycles. The number of nitrogens with one attached hydrogen (secondary N) is 2. The number of carbonyl (C=O) groups is 1. The number of rotatable bonds is 7. The number of hydrogen-bond acceptors (Lipinski definition) is 6. The number of carbonyl (C=O) groups excluding carboxylic acids is 1. The van der Waals surface area contributed by atoms with Gasteiger partial charge >= 0.3 is 0 Å². The van der Waals surface area contributed by atoms with E-state index in [1.807, 2.05) is 0 Å². The van der Waals surface area contributed by atoms with Crippen LogP contribution in [0.1, 0.15) is 6.42 Å². The number of nitrogens with zero attached hydrogens (tertiary/aromatic N) is 1. The molecule has 0 saturated heterocycles. The van der Waals surface area contributed by atoms with Crippen molar-refractivity contribution in [3.63, 3.8) is 0 Å². The number of anilines is 2. The molecular weight excluding hydrogens is 358 g/mol. The number of sulfonamides is 1. The smallest absolute Gasteiger partial charge is 0.262 e. The van der Waals surface area contributed by atoms with Crippen LogP contribution in [0.5, 0.6) is 11.5 Å². The molecule has 1 amide bonds. The molecule has 0 atom stereocenters. The first kappa shape index (κ1) is 19.1. The third-order valence-corrected chi connectivity index (χ3v) is 4.71. The molecule has 0 heterocycles. The highest BCUT2D eigenvalue weighted by Gasteiger charge is 2.19. The number of nitriles is 1. The second kappa shape index (κ2) is 8.22. The highest BCUT2D eigenvalue weighted by atomic mass is 32.2. The molecule has 9 heteroatoms. The van der Waals surface area contributed by atoms with E-state index >= 15 is 0 Å². The normalized spacial score (nSPS) is 10.5. The Bertz CT molecular complexity index is 937. The third kappa shape index (κ3) is 4.43. The van der Waals surface area contributed by atoms with Crippen molar-refractivity contribution in [2.24, 2.45) is 0 Å². The van der Waals surface area contributed by atoms with Crippen molar-refractivity contribution < 1.29 is 22.7 Å². The van der Waals surface area contributed by atoms with Crippen LogP contribution in [0.15, 0.2) is 47.4 Å². The van der Waals surface area contributed by atoms with Crippen LogP contribution in [0.25, 0.3) is 0 Å². The van der Waals surface area contributed by atoms with Gasteiger partial charge in [0.1, 0.15) is 17.9 Å². The molecule has 0 bridgehead atoms. The maximum atomic E-state index is 12.5. The minimum atomic E-state index is -3.83. The Morgan fingerprint density at radius 3 is 2.23 bits per heavy atom. The molecule has 136 valence electrons. The first-order chi connectivity index (χ1) is 12.4. The standard InChI is InChI=1S/C17H17N3O5S/c1-24-15-11-14(20-26(22,23)12-6-4-3-5-7-12)16(25-2)10-13(15)19-17(21)8-9-18/h3-7,10-11,20H,8H2,1-2H3,(H,19,21). The predicted molar refractivity (Wildman–Crippen MR) is 95.7 cm³/mol. The van der Waals surface area contributed by atoms with Crippen LogP contribution >= 0.6 is 0 Å². The molecule has 2 N–H and O–H groups in total. The topological polar surface area (TPSA) is 118 Å². The van der Waals surface area contributed by atoms with E-state index in [1.54, 1.807) is 24.3 Å². The summed E-state index contributed by atoms with van der Waals surface area (Å²) in [4.78, 5) is 11.7. The van der Waals surface area contributed by atoms with Gasteiger partial charge in [-0.1, -0.05) is 18.2 Å². The molecule has 0 radical (unpaired) electrons. The van der Waals surface area contributed by atoms with Crippen LogP contribution in [0.4, 0.5) is 11.4 Å². The molecular formula is C17H17N3O5S. The molecule has 0 fully saturated rings. The van der Waals surface area contributed by atoms with Crippen molar-refractivity contribution in [1.29, 1.82) is 5.26 Å². The number of hydrogen-bond donors (Lipinski definition) is 2. The summed E-state index contributed by atoms with van der Waals surface area (Å²) < 4.78 is 37.9. The van der Waals surface area contributed by atoms with Crippen LogP contribution in [0.3, 0.4) is 0 Å². The van der Waals surface area contributed by atoms with Gasteiger partial charge in [0.05, 0.1) is 36.6 Å². The van der Waals surface area contributed by atoms with Gasteiger partial charge in [0.2, 0.25) is 5.91 Å². The van der Waals surface area contributed by atoms with Crippen molar-refractivity contribution in [2.75, 3.05) is 24.3 Å². The van der Waals surface area contributed by atoms with Gasteiger partial charge in [-0.15, -0.1) is 0 Å². The van der Waals surface area contributed by atoms with Gasteiger partial charge in [-0.25, -0.2) is 8.42 Å². The van der Waals surface area contributed by atoms with E-state index in [9.17, 15) is 13.2 Å². The van der Waals surface area contributed by atoms with E-state index in [4.69, 9.17) is 14.7 Å². The van der Waals surface area contributed by atoms with Gasteiger partial charge in [0.15, 0.2) is 0 Å². The largest absolute Gasteiger partial charge is 0.494 e. The van der Waals surface area contributed by atoms with E-state index in [0.29, 0.717) is 0 Å². The summed E-state index contributed by atoms with van der Waals surface area (Å²) in [6, 6.07) is 12.4. The summed E-state index contributed by atoms with van der Waals surface area (Å²) in [5, 5.41) is 11.1. The minimum absolute atomic E-state index is 0.0902. The van der Waals surface area contributed by atoms with E-state index in [-0.39, 0.29) is 34.2 Å². The highest BCUT2D eigenvalue weighted by Crippen LogP contribution is 2.37. The van der Waals surface area contributed by atoms with Crippen LogP contribution in [0.2, 0.25) is 0 Å². The minimum Gasteiger partial charge on any atom is -0.494 e. The van der Waals surface area contributed by atoms with Crippen molar-refractivity contribution in [2.45, 2.75) is 11.3 Å². The molecule has 0 aliphatic carbocycles. The Labute approximate surface area is 151 Å². The Hall–Kier alpha value is -3.25. The quantitative estimate of drug-likeness (QED) is 0.767. The Balaban J connectivity index is 2.40. The highest BCUT2D eigenvalue weighted by molar-refractivity contribution is 7.92. The lowest BCUT2D eigenvalue weighted by Gasteiger charge is -2.16. The van der Waals surface area contributed by atoms with Crippen LogP contribution in [0, 0.1) is 11.3 Å². The molecule has 0 aliphatic heterocycles. The Morgan fingerprint density at radius 1 is 1.08 bits per heavy atom. The second-order valence-electron chi connectivity index (χ2n) is 5.05. The third-order valence-electron chi connectivity index (χ3n) is 3.33. The average molecular weight is 375 g/mol. The molecule has 26 heavy (non-hydrogen) atoms. The fourth-order valence-corrected chi connectivity index (χ4v) is 3.23. The molecule has 0 aliphatic rings. The zero-order valence-electron chi connectivity index (χ0n) is 14.1. The van der Waals surface area contributed by atoms with Gasteiger partial charge in [-0.2, -0.15) is 5.26 Å². The van der Waals surface area contributed by atoms with E-state index in [2.05, 4.69) is 10.0 Å². The Kier molecular flexibility index (Phi) is 6.03. The zero-order valence-corrected chi connectivity index (χ0v) is 15.0. The number of methoxy groups -OCH3 is 2.